The van der Waals surface area contributed by atoms with Crippen LogP contribution in [0.5, 0.6) is 5.75 Å². The van der Waals surface area contributed by atoms with Crippen molar-refractivity contribution in [2.45, 2.75) is 26.0 Å². The molecule has 144 valence electrons. The van der Waals surface area contributed by atoms with Gasteiger partial charge in [-0.2, -0.15) is 0 Å². The topological polar surface area (TPSA) is 88.6 Å². The summed E-state index contributed by atoms with van der Waals surface area (Å²) < 4.78 is 29.0. The highest BCUT2D eigenvalue weighted by atomic mass is 32.2. The maximum Gasteiger partial charge on any atom is 0.322 e. The van der Waals surface area contributed by atoms with Crippen LogP contribution < -0.4 is 10.1 Å². The molecule has 1 aromatic carbocycles. The van der Waals surface area contributed by atoms with Gasteiger partial charge >= 0.3 is 6.03 Å². The van der Waals surface area contributed by atoms with Gasteiger partial charge in [0, 0.05) is 36.2 Å². The molecule has 2 aromatic rings. The Balaban J connectivity index is 1.56. The van der Waals surface area contributed by atoms with Gasteiger partial charge < -0.3 is 15.0 Å². The van der Waals surface area contributed by atoms with E-state index in [0.717, 1.165) is 5.56 Å². The Morgan fingerprint density at radius 3 is 2.67 bits per heavy atom. The molecule has 1 aliphatic heterocycles. The van der Waals surface area contributed by atoms with Gasteiger partial charge in [0.2, 0.25) is 0 Å². The van der Waals surface area contributed by atoms with E-state index in [9.17, 15) is 13.2 Å². The summed E-state index contributed by atoms with van der Waals surface area (Å²) in [5.74, 6) is 0.867. The second-order valence-electron chi connectivity index (χ2n) is 6.45. The van der Waals surface area contributed by atoms with Gasteiger partial charge in [-0.05, 0) is 43.7 Å². The fraction of sp³-hybridized carbons (Fsp3) is 0.368. The second kappa shape index (κ2) is 8.39. The number of pyridine rings is 1. The maximum atomic E-state index is 12.5. The highest BCUT2D eigenvalue weighted by molar-refractivity contribution is 7.91. The predicted molar refractivity (Wildman–Crippen MR) is 103 cm³/mol. The molecule has 27 heavy (non-hydrogen) atoms. The molecule has 1 N–H and O–H groups in total. The second-order valence-corrected chi connectivity index (χ2v) is 8.68. The van der Waals surface area contributed by atoms with E-state index >= 15 is 0 Å². The van der Waals surface area contributed by atoms with Gasteiger partial charge in [-0.3, -0.25) is 4.98 Å². The number of benzene rings is 1. The fourth-order valence-electron chi connectivity index (χ4n) is 3.07. The minimum Gasteiger partial charge on any atom is -0.489 e. The molecule has 2 heterocycles. The number of ether oxygens (including phenoxy) is 1. The SMILES string of the molecule is CCN(C(=O)Nc1ccc(OCc2cccnc2)cc1)C1CCS(=O)(=O)C1. The van der Waals surface area contributed by atoms with E-state index in [1.807, 2.05) is 19.1 Å². The molecular weight excluding hydrogens is 366 g/mol. The summed E-state index contributed by atoms with van der Waals surface area (Å²) in [7, 11) is -3.03. The standard InChI is InChI=1S/C19H23N3O4S/c1-2-22(17-9-11-27(24,25)14-17)19(23)21-16-5-7-18(8-6-16)26-13-15-4-3-10-20-12-15/h3-8,10,12,17H,2,9,11,13-14H2,1H3,(H,21,23). The van der Waals surface area contributed by atoms with Crippen LogP contribution in [0.4, 0.5) is 10.5 Å². The molecule has 8 heteroatoms. The van der Waals surface area contributed by atoms with Crippen LogP contribution in [0.2, 0.25) is 0 Å². The number of carbonyl (C=O) groups is 1. The third-order valence-corrected chi connectivity index (χ3v) is 6.23. The molecular formula is C19H23N3O4S. The normalized spacial score (nSPS) is 18.0. The average molecular weight is 389 g/mol. The zero-order valence-corrected chi connectivity index (χ0v) is 16.0. The number of hydrogen-bond donors (Lipinski definition) is 1. The number of carbonyl (C=O) groups excluding carboxylic acids is 1. The van der Waals surface area contributed by atoms with Crippen LogP contribution in [0.15, 0.2) is 48.8 Å². The molecule has 7 nitrogen and oxygen atoms in total. The number of rotatable bonds is 6. The number of aromatic nitrogens is 1. The van der Waals surface area contributed by atoms with Crippen molar-refractivity contribution in [3.63, 3.8) is 0 Å². The summed E-state index contributed by atoms with van der Waals surface area (Å²) in [6.45, 7) is 2.72. The summed E-state index contributed by atoms with van der Waals surface area (Å²) in [5.41, 5.74) is 1.60. The van der Waals surface area contributed by atoms with Crippen molar-refractivity contribution in [2.75, 3.05) is 23.4 Å². The Labute approximate surface area is 159 Å². The number of nitrogens with zero attached hydrogens (tertiary/aromatic N) is 2. The minimum atomic E-state index is -3.03. The van der Waals surface area contributed by atoms with Crippen LogP contribution in [0.3, 0.4) is 0 Å². The van der Waals surface area contributed by atoms with Crippen molar-refractivity contribution in [3.8, 4) is 5.75 Å². The van der Waals surface area contributed by atoms with Gasteiger partial charge in [0.25, 0.3) is 0 Å². The van der Waals surface area contributed by atoms with Gasteiger partial charge in [0.1, 0.15) is 12.4 Å². The Kier molecular flexibility index (Phi) is 5.95. The van der Waals surface area contributed by atoms with Crippen LogP contribution in [-0.2, 0) is 16.4 Å². The van der Waals surface area contributed by atoms with Crippen molar-refractivity contribution >= 4 is 21.6 Å². The van der Waals surface area contributed by atoms with Crippen molar-refractivity contribution in [1.82, 2.24) is 9.88 Å². The van der Waals surface area contributed by atoms with E-state index in [-0.39, 0.29) is 23.6 Å². The smallest absolute Gasteiger partial charge is 0.322 e. The molecule has 1 saturated heterocycles. The molecule has 1 fully saturated rings. The predicted octanol–water partition coefficient (Wildman–Crippen LogP) is 2.70. The quantitative estimate of drug-likeness (QED) is 0.821. The van der Waals surface area contributed by atoms with Crippen molar-refractivity contribution < 1.29 is 17.9 Å². The van der Waals surface area contributed by atoms with E-state index in [1.54, 1.807) is 41.6 Å². The largest absolute Gasteiger partial charge is 0.489 e. The van der Waals surface area contributed by atoms with Crippen molar-refractivity contribution in [3.05, 3.63) is 54.4 Å². The van der Waals surface area contributed by atoms with E-state index in [4.69, 9.17) is 4.74 Å². The highest BCUT2D eigenvalue weighted by Crippen LogP contribution is 2.20. The molecule has 0 spiro atoms. The first-order chi connectivity index (χ1) is 13.0. The first kappa shape index (κ1) is 19.2. The van der Waals surface area contributed by atoms with Gasteiger partial charge in [-0.15, -0.1) is 0 Å². The van der Waals surface area contributed by atoms with Gasteiger partial charge in [-0.25, -0.2) is 13.2 Å². The molecule has 1 atom stereocenters. The molecule has 3 rings (SSSR count). The lowest BCUT2D eigenvalue weighted by Gasteiger charge is -2.27. The van der Waals surface area contributed by atoms with Gasteiger partial charge in [-0.1, -0.05) is 6.07 Å². The number of sulfone groups is 1. The van der Waals surface area contributed by atoms with Crippen LogP contribution in [-0.4, -0.2) is 48.4 Å². The van der Waals surface area contributed by atoms with Crippen LogP contribution in [0.25, 0.3) is 0 Å². The molecule has 1 aliphatic rings. The number of amides is 2. The van der Waals surface area contributed by atoms with Crippen molar-refractivity contribution in [2.24, 2.45) is 0 Å². The van der Waals surface area contributed by atoms with Gasteiger partial charge in [0.15, 0.2) is 9.84 Å². The lowest BCUT2D eigenvalue weighted by molar-refractivity contribution is 0.197. The summed E-state index contributed by atoms with van der Waals surface area (Å²) in [4.78, 5) is 18.1. The first-order valence-corrected chi connectivity index (χ1v) is 10.7. The Bertz CT molecular complexity index is 870. The van der Waals surface area contributed by atoms with Gasteiger partial charge in [0.05, 0.1) is 11.5 Å². The third-order valence-electron chi connectivity index (χ3n) is 4.48. The maximum absolute atomic E-state index is 12.5. The van der Waals surface area contributed by atoms with E-state index < -0.39 is 9.84 Å². The number of anilines is 1. The van der Waals surface area contributed by atoms with Crippen LogP contribution >= 0.6 is 0 Å². The summed E-state index contributed by atoms with van der Waals surface area (Å²) in [6, 6.07) is 10.3. The summed E-state index contributed by atoms with van der Waals surface area (Å²) >= 11 is 0. The van der Waals surface area contributed by atoms with E-state index in [2.05, 4.69) is 10.3 Å². The highest BCUT2D eigenvalue weighted by Gasteiger charge is 2.33. The molecule has 1 unspecified atom stereocenters. The lowest BCUT2D eigenvalue weighted by Crippen LogP contribution is -2.43. The number of nitrogens with one attached hydrogen (secondary N) is 1. The Morgan fingerprint density at radius 2 is 2.07 bits per heavy atom. The molecule has 0 saturated carbocycles. The fourth-order valence-corrected chi connectivity index (χ4v) is 4.80. The van der Waals surface area contributed by atoms with Crippen LogP contribution in [0, 0.1) is 0 Å². The average Bonchev–Trinajstić information content (AvgIpc) is 3.02. The van der Waals surface area contributed by atoms with E-state index in [1.165, 1.54) is 0 Å². The lowest BCUT2D eigenvalue weighted by atomic mass is 10.2. The Hall–Kier alpha value is -2.61. The molecule has 1 aromatic heterocycles. The monoisotopic (exact) mass is 389 g/mol. The number of urea groups is 1. The molecule has 0 aliphatic carbocycles. The summed E-state index contributed by atoms with van der Waals surface area (Å²) in [5, 5.41) is 2.82. The minimum absolute atomic E-state index is 0.0371. The summed E-state index contributed by atoms with van der Waals surface area (Å²) in [6.07, 6.45) is 3.95. The zero-order valence-electron chi connectivity index (χ0n) is 15.2. The molecule has 0 bridgehead atoms. The molecule has 2 amide bonds. The first-order valence-electron chi connectivity index (χ1n) is 8.86. The van der Waals surface area contributed by atoms with E-state index in [0.29, 0.717) is 31.0 Å². The van der Waals surface area contributed by atoms with Crippen molar-refractivity contribution in [1.29, 1.82) is 0 Å². The molecule has 0 radical (unpaired) electrons. The number of hydrogen-bond acceptors (Lipinski definition) is 5. The van der Waals surface area contributed by atoms with Crippen LogP contribution in [0.1, 0.15) is 18.9 Å². The zero-order chi connectivity index (χ0) is 19.3. The third kappa shape index (κ3) is 5.19. The Morgan fingerprint density at radius 1 is 1.30 bits per heavy atom.